The number of unbranched alkanes of at least 4 members (excludes halogenated alkanes) is 6. The highest BCUT2D eigenvalue weighted by Crippen LogP contribution is 2.28. The molecule has 138 valence electrons. The first kappa shape index (κ1) is 20.7. The summed E-state index contributed by atoms with van der Waals surface area (Å²) in [5, 5.41) is 9.27. The van der Waals surface area contributed by atoms with Crippen molar-refractivity contribution in [2.24, 2.45) is 11.8 Å². The van der Waals surface area contributed by atoms with Gasteiger partial charge < -0.3 is 9.84 Å². The standard InChI is InChI=1S/C20H34O4/c1-3-5-6-7-8-9-10-13-16(4-2)24-20(23)18-15-12-11-14-17(18)19(21)22/h11-12,16-18H,3-10,13-15H2,1-2H3,(H,21,22). The summed E-state index contributed by atoms with van der Waals surface area (Å²) in [4.78, 5) is 23.7. The van der Waals surface area contributed by atoms with Crippen LogP contribution in [0.4, 0.5) is 0 Å². The number of carbonyl (C=O) groups excluding carboxylic acids is 1. The minimum Gasteiger partial charge on any atom is -0.481 e. The van der Waals surface area contributed by atoms with Crippen LogP contribution in [0.25, 0.3) is 0 Å². The van der Waals surface area contributed by atoms with Gasteiger partial charge in [0.2, 0.25) is 0 Å². The molecule has 0 spiro atoms. The summed E-state index contributed by atoms with van der Waals surface area (Å²) >= 11 is 0. The molecule has 1 aliphatic carbocycles. The molecule has 4 nitrogen and oxygen atoms in total. The van der Waals surface area contributed by atoms with E-state index in [0.717, 1.165) is 19.3 Å². The molecule has 24 heavy (non-hydrogen) atoms. The van der Waals surface area contributed by atoms with Crippen LogP contribution in [-0.2, 0) is 14.3 Å². The molecule has 4 heteroatoms. The van der Waals surface area contributed by atoms with Gasteiger partial charge in [-0.2, -0.15) is 0 Å². The van der Waals surface area contributed by atoms with E-state index in [9.17, 15) is 14.7 Å². The molecule has 0 saturated carbocycles. The Morgan fingerprint density at radius 2 is 1.58 bits per heavy atom. The van der Waals surface area contributed by atoms with Crippen molar-refractivity contribution in [1.29, 1.82) is 0 Å². The zero-order chi connectivity index (χ0) is 17.8. The Bertz CT molecular complexity index is 402. The molecule has 0 amide bonds. The third-order valence-corrected chi connectivity index (χ3v) is 4.92. The highest BCUT2D eigenvalue weighted by molar-refractivity contribution is 5.81. The zero-order valence-corrected chi connectivity index (χ0v) is 15.3. The lowest BCUT2D eigenvalue weighted by atomic mass is 9.83. The molecule has 0 aromatic carbocycles. The fourth-order valence-corrected chi connectivity index (χ4v) is 3.27. The van der Waals surface area contributed by atoms with E-state index in [1.54, 1.807) is 0 Å². The van der Waals surface area contributed by atoms with Crippen molar-refractivity contribution in [1.82, 2.24) is 0 Å². The first-order valence-electron chi connectivity index (χ1n) is 9.68. The Morgan fingerprint density at radius 3 is 2.17 bits per heavy atom. The number of carboxylic acids is 1. The normalized spacial score (nSPS) is 21.4. The Morgan fingerprint density at radius 1 is 1.00 bits per heavy atom. The summed E-state index contributed by atoms with van der Waals surface area (Å²) in [5.74, 6) is -2.41. The Hall–Kier alpha value is -1.32. The topological polar surface area (TPSA) is 63.6 Å². The largest absolute Gasteiger partial charge is 0.481 e. The van der Waals surface area contributed by atoms with Gasteiger partial charge >= 0.3 is 11.9 Å². The number of carboxylic acid groups (broad SMARTS) is 1. The predicted octanol–water partition coefficient (Wildman–Crippen LogP) is 5.12. The first-order valence-corrected chi connectivity index (χ1v) is 9.68. The van der Waals surface area contributed by atoms with Gasteiger partial charge in [0.25, 0.3) is 0 Å². The minimum absolute atomic E-state index is 0.0755. The average Bonchev–Trinajstić information content (AvgIpc) is 2.59. The number of ether oxygens (including phenoxy) is 1. The first-order chi connectivity index (χ1) is 11.6. The number of carbonyl (C=O) groups is 2. The summed E-state index contributed by atoms with van der Waals surface area (Å²) < 4.78 is 5.63. The van der Waals surface area contributed by atoms with E-state index >= 15 is 0 Å². The molecule has 3 unspecified atom stereocenters. The molecular weight excluding hydrogens is 304 g/mol. The molecule has 0 aromatic heterocycles. The fraction of sp³-hybridized carbons (Fsp3) is 0.800. The molecular formula is C20H34O4. The van der Waals surface area contributed by atoms with Crippen LogP contribution in [0.15, 0.2) is 12.2 Å². The Labute approximate surface area is 146 Å². The lowest BCUT2D eigenvalue weighted by Gasteiger charge is -2.26. The number of allylic oxidation sites excluding steroid dienone is 2. The molecule has 0 aliphatic heterocycles. The maximum Gasteiger partial charge on any atom is 0.310 e. The maximum atomic E-state index is 12.4. The summed E-state index contributed by atoms with van der Waals surface area (Å²) in [6, 6.07) is 0. The summed E-state index contributed by atoms with van der Waals surface area (Å²) in [6.45, 7) is 4.24. The van der Waals surface area contributed by atoms with Crippen molar-refractivity contribution < 1.29 is 19.4 Å². The van der Waals surface area contributed by atoms with Crippen molar-refractivity contribution in [3.05, 3.63) is 12.2 Å². The second-order valence-electron chi connectivity index (χ2n) is 6.87. The Kier molecular flexibility index (Phi) is 10.4. The molecule has 1 rings (SSSR count). The maximum absolute atomic E-state index is 12.4. The summed E-state index contributed by atoms with van der Waals surface area (Å²) in [7, 11) is 0. The van der Waals surface area contributed by atoms with E-state index in [2.05, 4.69) is 6.92 Å². The summed E-state index contributed by atoms with van der Waals surface area (Å²) in [5.41, 5.74) is 0. The van der Waals surface area contributed by atoms with E-state index in [0.29, 0.717) is 12.8 Å². The smallest absolute Gasteiger partial charge is 0.310 e. The molecule has 0 aromatic rings. The monoisotopic (exact) mass is 338 g/mol. The molecule has 0 heterocycles. The number of esters is 1. The highest BCUT2D eigenvalue weighted by atomic mass is 16.5. The quantitative estimate of drug-likeness (QED) is 0.305. The molecule has 0 saturated heterocycles. The van der Waals surface area contributed by atoms with Crippen LogP contribution < -0.4 is 0 Å². The lowest BCUT2D eigenvalue weighted by molar-refractivity contribution is -0.162. The molecule has 1 aliphatic rings. The minimum atomic E-state index is -0.901. The van der Waals surface area contributed by atoms with E-state index in [1.165, 1.54) is 38.5 Å². The third-order valence-electron chi connectivity index (χ3n) is 4.92. The van der Waals surface area contributed by atoms with Crippen LogP contribution in [-0.4, -0.2) is 23.1 Å². The van der Waals surface area contributed by atoms with Crippen molar-refractivity contribution in [3.63, 3.8) is 0 Å². The van der Waals surface area contributed by atoms with Gasteiger partial charge in [-0.15, -0.1) is 0 Å². The van der Waals surface area contributed by atoms with Crippen molar-refractivity contribution in [2.75, 3.05) is 0 Å². The van der Waals surface area contributed by atoms with Crippen LogP contribution in [0.5, 0.6) is 0 Å². The van der Waals surface area contributed by atoms with E-state index < -0.39 is 17.8 Å². The number of aliphatic carboxylic acids is 1. The van der Waals surface area contributed by atoms with Gasteiger partial charge in [0.15, 0.2) is 0 Å². The zero-order valence-electron chi connectivity index (χ0n) is 15.3. The Balaban J connectivity index is 2.31. The lowest BCUT2D eigenvalue weighted by Crippen LogP contribution is -2.34. The van der Waals surface area contributed by atoms with Gasteiger partial charge in [-0.3, -0.25) is 9.59 Å². The fourth-order valence-electron chi connectivity index (χ4n) is 3.27. The van der Waals surface area contributed by atoms with Gasteiger partial charge in [-0.25, -0.2) is 0 Å². The predicted molar refractivity (Wildman–Crippen MR) is 95.8 cm³/mol. The van der Waals surface area contributed by atoms with E-state index in [4.69, 9.17) is 4.74 Å². The number of rotatable bonds is 12. The molecule has 3 atom stereocenters. The van der Waals surface area contributed by atoms with Gasteiger partial charge in [0.05, 0.1) is 11.8 Å². The second-order valence-corrected chi connectivity index (χ2v) is 6.87. The molecule has 0 radical (unpaired) electrons. The SMILES string of the molecule is CCCCCCCCCC(CC)OC(=O)C1CC=CCC1C(=O)O. The third kappa shape index (κ3) is 7.50. The van der Waals surface area contributed by atoms with Crippen molar-refractivity contribution in [2.45, 2.75) is 90.6 Å². The molecule has 1 N–H and O–H groups in total. The van der Waals surface area contributed by atoms with Crippen LogP contribution in [0, 0.1) is 11.8 Å². The van der Waals surface area contributed by atoms with Gasteiger partial charge in [-0.1, -0.05) is 64.5 Å². The van der Waals surface area contributed by atoms with Crippen LogP contribution >= 0.6 is 0 Å². The van der Waals surface area contributed by atoms with Crippen LogP contribution in [0.2, 0.25) is 0 Å². The van der Waals surface area contributed by atoms with Gasteiger partial charge in [-0.05, 0) is 32.1 Å². The van der Waals surface area contributed by atoms with Crippen molar-refractivity contribution >= 4 is 11.9 Å². The second kappa shape index (κ2) is 12.1. The van der Waals surface area contributed by atoms with Crippen LogP contribution in [0.3, 0.4) is 0 Å². The summed E-state index contributed by atoms with van der Waals surface area (Å²) in [6.07, 6.45) is 14.9. The van der Waals surface area contributed by atoms with Gasteiger partial charge in [0, 0.05) is 0 Å². The van der Waals surface area contributed by atoms with E-state index in [-0.39, 0.29) is 12.1 Å². The highest BCUT2D eigenvalue weighted by Gasteiger charge is 2.35. The average molecular weight is 338 g/mol. The number of hydrogen-bond acceptors (Lipinski definition) is 3. The van der Waals surface area contributed by atoms with Crippen LogP contribution in [0.1, 0.15) is 84.5 Å². The molecule has 0 fully saturated rings. The molecule has 0 bridgehead atoms. The number of hydrogen-bond donors (Lipinski definition) is 1. The van der Waals surface area contributed by atoms with Gasteiger partial charge in [0.1, 0.15) is 6.10 Å². The van der Waals surface area contributed by atoms with Crippen molar-refractivity contribution in [3.8, 4) is 0 Å². The van der Waals surface area contributed by atoms with E-state index in [1.807, 2.05) is 19.1 Å².